The molecule has 4 aromatic carbocycles. The van der Waals surface area contributed by atoms with Crippen LogP contribution in [0.1, 0.15) is 111 Å². The van der Waals surface area contributed by atoms with E-state index < -0.39 is 70.2 Å². The molecule has 5 aromatic rings. The van der Waals surface area contributed by atoms with Gasteiger partial charge in [-0.1, -0.05) is 140 Å². The minimum Gasteiger partial charge on any atom is -0.468 e. The average Bonchev–Trinajstić information content (AvgIpc) is 3.37. The van der Waals surface area contributed by atoms with E-state index in [0.29, 0.717) is 34.5 Å². The Morgan fingerprint density at radius 2 is 1.19 bits per heavy atom. The number of nitrogens with zero attached hydrogens (tertiary/aromatic N) is 3. The lowest BCUT2D eigenvalue weighted by Crippen LogP contribution is -2.56. The number of Topliss-reactive ketones (excluding diaryl/α,β-unsaturated/α-hetero) is 2. The molecule has 2 aliphatic heterocycles. The highest BCUT2D eigenvalue weighted by atomic mass is 19.1. The summed E-state index contributed by atoms with van der Waals surface area (Å²) in [5.41, 5.74) is 4.44. The SMILES string of the molecule is COC(=O)C(C(=O)C(C)C)C(c1ccc(F)cc1)C1CN(C(=O)OCc2ccccc2)CC(C)(C)C1=O.COC(=O)c1c(C(C)C)nc2c(c1-c1ccc(F)cc1)CN(C(=O)OCc1ccccc1)CC2(C)C. The summed E-state index contributed by atoms with van der Waals surface area (Å²) in [7, 11) is 2.52. The maximum absolute atomic E-state index is 13.8. The zero-order valence-corrected chi connectivity index (χ0v) is 43.2. The van der Waals surface area contributed by atoms with Gasteiger partial charge in [-0.15, -0.1) is 0 Å². The normalized spacial score (nSPS) is 16.6. The largest absolute Gasteiger partial charge is 0.468 e. The summed E-state index contributed by atoms with van der Waals surface area (Å²) in [6, 6.07) is 30.1. The van der Waals surface area contributed by atoms with Gasteiger partial charge in [0.1, 0.15) is 42.3 Å². The lowest BCUT2D eigenvalue weighted by molar-refractivity contribution is -0.153. The van der Waals surface area contributed by atoms with Crippen molar-refractivity contribution in [1.82, 2.24) is 14.8 Å². The van der Waals surface area contributed by atoms with Gasteiger partial charge in [0.05, 0.1) is 37.7 Å². The molecule has 2 amide bonds. The van der Waals surface area contributed by atoms with Crippen molar-refractivity contribution in [2.24, 2.45) is 23.2 Å². The highest BCUT2D eigenvalue weighted by Gasteiger charge is 2.51. The molecule has 13 nitrogen and oxygen atoms in total. The highest BCUT2D eigenvalue weighted by Crippen LogP contribution is 2.44. The summed E-state index contributed by atoms with van der Waals surface area (Å²) < 4.78 is 48.9. The van der Waals surface area contributed by atoms with Crippen molar-refractivity contribution in [3.8, 4) is 11.1 Å². The van der Waals surface area contributed by atoms with Crippen molar-refractivity contribution in [2.45, 2.75) is 92.4 Å². The van der Waals surface area contributed by atoms with E-state index in [4.69, 9.17) is 23.9 Å². The zero-order valence-electron chi connectivity index (χ0n) is 43.2. The molecule has 0 spiro atoms. The molecule has 2 aliphatic rings. The molecular weight excluding hydrogens is 937 g/mol. The van der Waals surface area contributed by atoms with Gasteiger partial charge in [-0.3, -0.25) is 19.4 Å². The smallest absolute Gasteiger partial charge is 0.410 e. The van der Waals surface area contributed by atoms with Crippen LogP contribution in [0.2, 0.25) is 0 Å². The number of hydrogen-bond donors (Lipinski definition) is 0. The van der Waals surface area contributed by atoms with Crippen LogP contribution in [0.4, 0.5) is 18.4 Å². The first-order valence-electron chi connectivity index (χ1n) is 24.3. The fourth-order valence-corrected chi connectivity index (χ4v) is 9.69. The third-order valence-corrected chi connectivity index (χ3v) is 13.3. The molecule has 0 radical (unpaired) electrons. The van der Waals surface area contributed by atoms with E-state index in [2.05, 4.69) is 0 Å². The summed E-state index contributed by atoms with van der Waals surface area (Å²) in [4.78, 5) is 87.5. The van der Waals surface area contributed by atoms with Crippen LogP contribution in [0.5, 0.6) is 0 Å². The third kappa shape index (κ3) is 12.9. The molecule has 0 aliphatic carbocycles. The van der Waals surface area contributed by atoms with Crippen LogP contribution in [0, 0.1) is 34.8 Å². The molecule has 3 heterocycles. The monoisotopic (exact) mass is 1000 g/mol. The van der Waals surface area contributed by atoms with Gasteiger partial charge in [-0.05, 0) is 52.4 Å². The maximum atomic E-state index is 13.8. The maximum Gasteiger partial charge on any atom is 0.410 e. The van der Waals surface area contributed by atoms with Crippen LogP contribution in [-0.4, -0.2) is 84.3 Å². The number of esters is 2. The number of methoxy groups -OCH3 is 2. The molecule has 15 heteroatoms. The molecule has 7 rings (SSSR count). The number of halogens is 2. The van der Waals surface area contributed by atoms with Crippen LogP contribution in [-0.2, 0) is 58.5 Å². The van der Waals surface area contributed by atoms with Gasteiger partial charge in [0.25, 0.3) is 0 Å². The Kier molecular flexibility index (Phi) is 17.7. The molecule has 1 saturated heterocycles. The summed E-state index contributed by atoms with van der Waals surface area (Å²) in [6.07, 6.45) is -1.05. The fraction of sp³-hybridized carbons (Fsp3) is 0.397. The predicted octanol–water partition coefficient (Wildman–Crippen LogP) is 11.0. The van der Waals surface area contributed by atoms with Gasteiger partial charge in [0.2, 0.25) is 0 Å². The lowest BCUT2D eigenvalue weighted by Gasteiger charge is -2.44. The molecule has 0 bridgehead atoms. The van der Waals surface area contributed by atoms with Crippen LogP contribution in [0.3, 0.4) is 0 Å². The minimum absolute atomic E-state index is 0.0587. The van der Waals surface area contributed by atoms with Gasteiger partial charge >= 0.3 is 24.1 Å². The van der Waals surface area contributed by atoms with Crippen molar-refractivity contribution >= 4 is 35.7 Å². The zero-order chi connectivity index (χ0) is 53.4. The number of likely N-dealkylation sites (tertiary alicyclic amines) is 1. The summed E-state index contributed by atoms with van der Waals surface area (Å²) in [5.74, 6) is -6.53. The fourth-order valence-electron chi connectivity index (χ4n) is 9.69. The molecule has 0 saturated carbocycles. The van der Waals surface area contributed by atoms with Crippen LogP contribution in [0.15, 0.2) is 109 Å². The first-order valence-corrected chi connectivity index (χ1v) is 24.3. The Morgan fingerprint density at radius 1 is 0.685 bits per heavy atom. The van der Waals surface area contributed by atoms with E-state index in [-0.39, 0.29) is 50.4 Å². The number of amides is 2. The molecule has 1 fully saturated rings. The number of pyridine rings is 1. The van der Waals surface area contributed by atoms with Crippen molar-refractivity contribution in [1.29, 1.82) is 0 Å². The van der Waals surface area contributed by atoms with E-state index in [1.165, 1.54) is 55.5 Å². The highest BCUT2D eigenvalue weighted by molar-refractivity contribution is 6.02. The Hall–Kier alpha value is -7.29. The number of aromatic nitrogens is 1. The van der Waals surface area contributed by atoms with Crippen molar-refractivity contribution in [2.75, 3.05) is 33.9 Å². The number of carbonyl (C=O) groups excluding carboxylic acids is 6. The number of piperidine rings is 1. The number of rotatable bonds is 13. The molecule has 1 aromatic heterocycles. The summed E-state index contributed by atoms with van der Waals surface area (Å²) in [5, 5.41) is 0. The Morgan fingerprint density at radius 3 is 1.68 bits per heavy atom. The van der Waals surface area contributed by atoms with Gasteiger partial charge in [0.15, 0.2) is 0 Å². The standard InChI is InChI=1S/C29H31FN2O4.C29H34FNO6/c1-18(2)25-24(27(33)35-5)23(20-11-13-21(30)14-12-20)22-15-32(17-29(3,4)26(22)31-25)28(34)36-16-19-9-7-6-8-10-19;1-18(2)25(32)24(27(34)36-5)23(20-11-13-21(30)14-12-20)22-15-31(17-29(3,4)26(22)33)28(35)37-16-19-9-7-6-8-10-19/h6-14,18H,15-17H2,1-5H3;6-14,18,22-24H,15-17H2,1-5H3. The van der Waals surface area contributed by atoms with E-state index in [1.54, 1.807) is 44.7 Å². The van der Waals surface area contributed by atoms with E-state index in [9.17, 15) is 37.5 Å². The van der Waals surface area contributed by atoms with Gasteiger partial charge < -0.3 is 28.7 Å². The molecule has 386 valence electrons. The molecule has 3 unspecified atom stereocenters. The molecule has 3 atom stereocenters. The Labute approximate surface area is 426 Å². The van der Waals surface area contributed by atoms with Crippen LogP contribution < -0.4 is 0 Å². The van der Waals surface area contributed by atoms with Crippen molar-refractivity contribution in [3.63, 3.8) is 0 Å². The minimum atomic E-state index is -1.31. The lowest BCUT2D eigenvalue weighted by atomic mass is 9.65. The topological polar surface area (TPSA) is 159 Å². The number of carbonyl (C=O) groups is 6. The predicted molar refractivity (Wildman–Crippen MR) is 270 cm³/mol. The quantitative estimate of drug-likeness (QED) is 0.0628. The van der Waals surface area contributed by atoms with Crippen molar-refractivity contribution in [3.05, 3.63) is 160 Å². The number of ether oxygens (including phenoxy) is 4. The number of hydrogen-bond acceptors (Lipinski definition) is 11. The van der Waals surface area contributed by atoms with E-state index in [0.717, 1.165) is 22.4 Å². The first-order chi connectivity index (χ1) is 34.6. The Balaban J connectivity index is 0.000000238. The summed E-state index contributed by atoms with van der Waals surface area (Å²) in [6.45, 7) is 15.6. The van der Waals surface area contributed by atoms with Gasteiger partial charge in [-0.25, -0.2) is 23.2 Å². The second-order valence-electron chi connectivity index (χ2n) is 20.4. The van der Waals surface area contributed by atoms with Crippen LogP contribution in [0.25, 0.3) is 11.1 Å². The second kappa shape index (κ2) is 23.5. The number of ketones is 2. The molecule has 73 heavy (non-hydrogen) atoms. The average molecular weight is 1000 g/mol. The van der Waals surface area contributed by atoms with Gasteiger partial charge in [0, 0.05) is 59.3 Å². The Bertz CT molecular complexity index is 2780. The van der Waals surface area contributed by atoms with Gasteiger partial charge in [-0.2, -0.15) is 0 Å². The molecular formula is C58H65F2N3O10. The first kappa shape index (κ1) is 55.0. The van der Waals surface area contributed by atoms with E-state index >= 15 is 0 Å². The summed E-state index contributed by atoms with van der Waals surface area (Å²) >= 11 is 0. The third-order valence-electron chi connectivity index (χ3n) is 13.3. The molecule has 0 N–H and O–H groups in total. The van der Waals surface area contributed by atoms with E-state index in [1.807, 2.05) is 88.4 Å². The number of fused-ring (bicyclic) bond motifs is 1. The number of benzene rings is 4. The van der Waals surface area contributed by atoms with Crippen LogP contribution >= 0.6 is 0 Å². The second-order valence-corrected chi connectivity index (χ2v) is 20.4. The van der Waals surface area contributed by atoms with Crippen molar-refractivity contribution < 1.29 is 56.5 Å².